The first kappa shape index (κ1) is 13.3. The Morgan fingerprint density at radius 2 is 2.44 bits per heavy atom. The first-order chi connectivity index (χ1) is 8.65. The van der Waals surface area contributed by atoms with Crippen molar-refractivity contribution in [2.75, 3.05) is 6.61 Å². The van der Waals surface area contributed by atoms with Gasteiger partial charge in [-0.2, -0.15) is 0 Å². The number of rotatable bonds is 4. The van der Waals surface area contributed by atoms with Gasteiger partial charge in [0.25, 0.3) is 0 Å². The first-order valence-corrected chi connectivity index (χ1v) is 7.13. The minimum atomic E-state index is -0.0518. The van der Waals surface area contributed by atoms with Gasteiger partial charge in [0.05, 0.1) is 12.1 Å². The molecule has 0 aromatic carbocycles. The van der Waals surface area contributed by atoms with Crippen LogP contribution >= 0.6 is 11.3 Å². The second-order valence-corrected chi connectivity index (χ2v) is 5.95. The molecule has 0 bridgehead atoms. The fourth-order valence-electron chi connectivity index (χ4n) is 2.06. The molecule has 4 heteroatoms. The smallest absolute Gasteiger partial charge is 0.244 e. The third kappa shape index (κ3) is 3.68. The van der Waals surface area contributed by atoms with Gasteiger partial charge in [0.2, 0.25) is 5.91 Å². The maximum Gasteiger partial charge on any atom is 0.244 e. The van der Waals surface area contributed by atoms with E-state index in [1.807, 2.05) is 19.1 Å². The molecule has 0 radical (unpaired) electrons. The van der Waals surface area contributed by atoms with E-state index in [2.05, 4.69) is 18.3 Å². The molecule has 1 aromatic rings. The lowest BCUT2D eigenvalue weighted by Gasteiger charge is -2.18. The van der Waals surface area contributed by atoms with Gasteiger partial charge in [-0.1, -0.05) is 0 Å². The van der Waals surface area contributed by atoms with Gasteiger partial charge in [0.1, 0.15) is 0 Å². The van der Waals surface area contributed by atoms with Gasteiger partial charge in [0.15, 0.2) is 0 Å². The molecule has 1 fully saturated rings. The largest absolute Gasteiger partial charge is 0.376 e. The van der Waals surface area contributed by atoms with Gasteiger partial charge >= 0.3 is 0 Å². The number of ether oxygens (including phenoxy) is 1. The summed E-state index contributed by atoms with van der Waals surface area (Å²) < 4.78 is 5.54. The molecule has 1 aliphatic rings. The predicted molar refractivity (Wildman–Crippen MR) is 74.7 cm³/mol. The highest BCUT2D eigenvalue weighted by molar-refractivity contribution is 7.12. The summed E-state index contributed by atoms with van der Waals surface area (Å²) in [6, 6.07) is 4.15. The van der Waals surface area contributed by atoms with E-state index in [1.54, 1.807) is 17.4 Å². The van der Waals surface area contributed by atoms with Crippen molar-refractivity contribution in [2.24, 2.45) is 0 Å². The monoisotopic (exact) mass is 265 g/mol. The quantitative estimate of drug-likeness (QED) is 0.850. The molecule has 0 spiro atoms. The number of amides is 1. The zero-order valence-corrected chi connectivity index (χ0v) is 11.6. The van der Waals surface area contributed by atoms with Crippen molar-refractivity contribution in [2.45, 2.75) is 38.8 Å². The van der Waals surface area contributed by atoms with Crippen LogP contribution in [-0.4, -0.2) is 24.7 Å². The molecule has 2 unspecified atom stereocenters. The molecule has 98 valence electrons. The van der Waals surface area contributed by atoms with Gasteiger partial charge in [-0.3, -0.25) is 4.79 Å². The lowest BCUT2D eigenvalue weighted by atomic mass is 10.1. The second kappa shape index (κ2) is 6.16. The zero-order chi connectivity index (χ0) is 13.0. The van der Waals surface area contributed by atoms with E-state index in [1.165, 1.54) is 4.88 Å². The molecule has 1 N–H and O–H groups in total. The number of thiophene rings is 1. The van der Waals surface area contributed by atoms with Crippen LogP contribution in [0.1, 0.15) is 29.5 Å². The molecule has 2 rings (SSSR count). The van der Waals surface area contributed by atoms with Crippen molar-refractivity contribution in [3.05, 3.63) is 28.0 Å². The Morgan fingerprint density at radius 3 is 3.06 bits per heavy atom. The molecule has 1 saturated heterocycles. The van der Waals surface area contributed by atoms with Gasteiger partial charge < -0.3 is 10.1 Å². The minimum absolute atomic E-state index is 0.0518. The molecule has 3 nitrogen and oxygen atoms in total. The maximum absolute atomic E-state index is 11.7. The van der Waals surface area contributed by atoms with Crippen LogP contribution < -0.4 is 5.32 Å². The maximum atomic E-state index is 11.7. The molecular formula is C14H19NO2S. The van der Waals surface area contributed by atoms with E-state index in [9.17, 15) is 4.79 Å². The zero-order valence-electron chi connectivity index (χ0n) is 10.8. The average molecular weight is 265 g/mol. The molecule has 0 saturated carbocycles. The highest BCUT2D eigenvalue weighted by Gasteiger charge is 2.22. The Hall–Kier alpha value is -1.13. The van der Waals surface area contributed by atoms with Crippen molar-refractivity contribution < 1.29 is 9.53 Å². The van der Waals surface area contributed by atoms with Crippen LogP contribution in [0.25, 0.3) is 6.08 Å². The SMILES string of the molecule is Cc1ccc(/C=C/C(=O)NC(C)C2CCCO2)s1. The molecule has 1 amide bonds. The van der Waals surface area contributed by atoms with Gasteiger partial charge in [-0.15, -0.1) is 11.3 Å². The fourth-order valence-corrected chi connectivity index (χ4v) is 2.84. The summed E-state index contributed by atoms with van der Waals surface area (Å²) in [4.78, 5) is 14.1. The minimum Gasteiger partial charge on any atom is -0.376 e. The van der Waals surface area contributed by atoms with E-state index in [-0.39, 0.29) is 18.1 Å². The van der Waals surface area contributed by atoms with Crippen molar-refractivity contribution in [3.8, 4) is 0 Å². The highest BCUT2D eigenvalue weighted by Crippen LogP contribution is 2.17. The lowest BCUT2D eigenvalue weighted by Crippen LogP contribution is -2.39. The summed E-state index contributed by atoms with van der Waals surface area (Å²) in [6.07, 6.45) is 5.75. The normalized spacial score (nSPS) is 21.3. The summed E-state index contributed by atoms with van der Waals surface area (Å²) in [5.41, 5.74) is 0. The van der Waals surface area contributed by atoms with E-state index in [0.29, 0.717) is 0 Å². The topological polar surface area (TPSA) is 38.3 Å². The Balaban J connectivity index is 1.82. The van der Waals surface area contributed by atoms with Crippen molar-refractivity contribution in [1.82, 2.24) is 5.32 Å². The Morgan fingerprint density at radius 1 is 1.61 bits per heavy atom. The summed E-state index contributed by atoms with van der Waals surface area (Å²) >= 11 is 1.68. The molecule has 18 heavy (non-hydrogen) atoms. The van der Waals surface area contributed by atoms with Gasteiger partial charge in [-0.05, 0) is 44.9 Å². The van der Waals surface area contributed by atoms with Crippen molar-refractivity contribution in [3.63, 3.8) is 0 Å². The summed E-state index contributed by atoms with van der Waals surface area (Å²) in [5, 5.41) is 2.95. The van der Waals surface area contributed by atoms with Crippen molar-refractivity contribution in [1.29, 1.82) is 0 Å². The molecule has 1 aromatic heterocycles. The van der Waals surface area contributed by atoms with E-state index >= 15 is 0 Å². The van der Waals surface area contributed by atoms with Crippen LogP contribution in [0.2, 0.25) is 0 Å². The number of hydrogen-bond acceptors (Lipinski definition) is 3. The summed E-state index contributed by atoms with van der Waals surface area (Å²) in [5.74, 6) is -0.0518. The molecule has 2 heterocycles. The number of carbonyl (C=O) groups is 1. The van der Waals surface area contributed by atoms with Crippen LogP contribution in [0.4, 0.5) is 0 Å². The summed E-state index contributed by atoms with van der Waals surface area (Å²) in [7, 11) is 0. The molecule has 0 aliphatic carbocycles. The Bertz CT molecular complexity index is 433. The number of aryl methyl sites for hydroxylation is 1. The standard InChI is InChI=1S/C14H19NO2S/c1-10-5-6-12(18-10)7-8-14(16)15-11(2)13-4-3-9-17-13/h5-8,11,13H,3-4,9H2,1-2H3,(H,15,16)/b8-7+. The van der Waals surface area contributed by atoms with Crippen LogP contribution in [-0.2, 0) is 9.53 Å². The van der Waals surface area contributed by atoms with E-state index in [0.717, 1.165) is 24.3 Å². The highest BCUT2D eigenvalue weighted by atomic mass is 32.1. The van der Waals surface area contributed by atoms with Gasteiger partial charge in [0, 0.05) is 22.4 Å². The third-order valence-electron chi connectivity index (χ3n) is 3.05. The fraction of sp³-hybridized carbons (Fsp3) is 0.500. The van der Waals surface area contributed by atoms with Crippen LogP contribution in [0.15, 0.2) is 18.2 Å². The van der Waals surface area contributed by atoms with E-state index < -0.39 is 0 Å². The van der Waals surface area contributed by atoms with Crippen LogP contribution in [0.3, 0.4) is 0 Å². The molecular weight excluding hydrogens is 246 g/mol. The average Bonchev–Trinajstić information content (AvgIpc) is 2.97. The molecule has 2 atom stereocenters. The van der Waals surface area contributed by atoms with Crippen LogP contribution in [0, 0.1) is 6.92 Å². The number of carbonyl (C=O) groups excluding carboxylic acids is 1. The number of hydrogen-bond donors (Lipinski definition) is 1. The van der Waals surface area contributed by atoms with Crippen molar-refractivity contribution >= 4 is 23.3 Å². The lowest BCUT2D eigenvalue weighted by molar-refractivity contribution is -0.117. The predicted octanol–water partition coefficient (Wildman–Crippen LogP) is 2.75. The summed E-state index contributed by atoms with van der Waals surface area (Å²) in [6.45, 7) is 4.87. The third-order valence-corrected chi connectivity index (χ3v) is 4.02. The first-order valence-electron chi connectivity index (χ1n) is 6.32. The van der Waals surface area contributed by atoms with Gasteiger partial charge in [-0.25, -0.2) is 0 Å². The number of nitrogens with one attached hydrogen (secondary N) is 1. The Labute approximate surface area is 112 Å². The molecule has 1 aliphatic heterocycles. The van der Waals surface area contributed by atoms with Crippen LogP contribution in [0.5, 0.6) is 0 Å². The second-order valence-electron chi connectivity index (χ2n) is 4.63. The van der Waals surface area contributed by atoms with E-state index in [4.69, 9.17) is 4.74 Å². The Kier molecular flexibility index (Phi) is 4.55.